The van der Waals surface area contributed by atoms with Crippen LogP contribution in [-0.2, 0) is 9.59 Å². The minimum atomic E-state index is -0.833. The van der Waals surface area contributed by atoms with E-state index in [1.807, 2.05) is 39.8 Å². The van der Waals surface area contributed by atoms with Crippen LogP contribution in [0.5, 0.6) is 5.75 Å². The van der Waals surface area contributed by atoms with Gasteiger partial charge in [0.2, 0.25) is 0 Å². The average Bonchev–Trinajstić information content (AvgIpc) is 2.45. The van der Waals surface area contributed by atoms with Crippen LogP contribution in [-0.4, -0.2) is 41.6 Å². The lowest BCUT2D eigenvalue weighted by molar-refractivity contribution is -0.147. The summed E-state index contributed by atoms with van der Waals surface area (Å²) in [6.45, 7) is 8.74. The normalized spacial score (nSPS) is 21.1. The van der Waals surface area contributed by atoms with Crippen LogP contribution < -0.4 is 4.74 Å². The van der Waals surface area contributed by atoms with Crippen molar-refractivity contribution in [2.45, 2.75) is 34.1 Å². The number of nitrogens with zero attached hydrogens (tertiary/aromatic N) is 1. The Hall–Kier alpha value is -2.04. The fourth-order valence-corrected chi connectivity index (χ4v) is 3.35. The number of aliphatic carboxylic acids is 1. The fraction of sp³-hybridized carbons (Fsp3) is 0.556. The van der Waals surface area contributed by atoms with Crippen molar-refractivity contribution in [3.63, 3.8) is 0 Å². The van der Waals surface area contributed by atoms with Crippen LogP contribution in [0.25, 0.3) is 0 Å². The van der Waals surface area contributed by atoms with Crippen LogP contribution in [0.4, 0.5) is 0 Å². The summed E-state index contributed by atoms with van der Waals surface area (Å²) >= 11 is 0. The molecule has 1 amide bonds. The lowest BCUT2D eigenvalue weighted by Crippen LogP contribution is -2.47. The third-order valence-corrected chi connectivity index (χ3v) is 4.31. The lowest BCUT2D eigenvalue weighted by atomic mass is 9.90. The molecule has 5 nitrogen and oxygen atoms in total. The van der Waals surface area contributed by atoms with E-state index in [0.717, 1.165) is 22.4 Å². The maximum absolute atomic E-state index is 12.4. The quantitative estimate of drug-likeness (QED) is 0.926. The van der Waals surface area contributed by atoms with Gasteiger partial charge in [-0.05, 0) is 44.2 Å². The van der Waals surface area contributed by atoms with Crippen LogP contribution >= 0.6 is 0 Å². The highest BCUT2D eigenvalue weighted by atomic mass is 16.5. The van der Waals surface area contributed by atoms with E-state index in [0.29, 0.717) is 13.0 Å². The van der Waals surface area contributed by atoms with Gasteiger partial charge >= 0.3 is 5.97 Å². The molecule has 126 valence electrons. The second kappa shape index (κ2) is 7.02. The van der Waals surface area contributed by atoms with E-state index in [1.165, 1.54) is 0 Å². The Balaban J connectivity index is 2.01. The number of ether oxygens (including phenoxy) is 1. The van der Waals surface area contributed by atoms with Crippen molar-refractivity contribution < 1.29 is 19.4 Å². The molecule has 0 aliphatic carbocycles. The summed E-state index contributed by atoms with van der Waals surface area (Å²) in [6, 6.07) is 4.05. The van der Waals surface area contributed by atoms with E-state index in [1.54, 1.807) is 4.90 Å². The molecule has 0 bridgehead atoms. The summed E-state index contributed by atoms with van der Waals surface area (Å²) in [4.78, 5) is 25.2. The summed E-state index contributed by atoms with van der Waals surface area (Å²) in [7, 11) is 0. The van der Waals surface area contributed by atoms with Crippen molar-refractivity contribution in [3.05, 3.63) is 28.8 Å². The number of amides is 1. The summed E-state index contributed by atoms with van der Waals surface area (Å²) in [5.74, 6) is -0.534. The molecule has 1 aliphatic heterocycles. The first kappa shape index (κ1) is 17.3. The second-order valence-electron chi connectivity index (χ2n) is 6.69. The molecule has 5 heteroatoms. The third-order valence-electron chi connectivity index (χ3n) is 4.31. The monoisotopic (exact) mass is 319 g/mol. The summed E-state index contributed by atoms with van der Waals surface area (Å²) in [6.07, 6.45) is 0.621. The number of carboxylic acid groups (broad SMARTS) is 1. The Kier molecular flexibility index (Phi) is 5.29. The van der Waals surface area contributed by atoms with Crippen molar-refractivity contribution >= 4 is 11.9 Å². The number of likely N-dealkylation sites (tertiary alicyclic amines) is 1. The van der Waals surface area contributed by atoms with Gasteiger partial charge in [0.25, 0.3) is 5.91 Å². The molecule has 1 aliphatic rings. The highest BCUT2D eigenvalue weighted by Gasteiger charge is 2.32. The van der Waals surface area contributed by atoms with Crippen molar-refractivity contribution in [2.75, 3.05) is 19.7 Å². The number of hydrogen-bond acceptors (Lipinski definition) is 3. The van der Waals surface area contributed by atoms with Gasteiger partial charge in [-0.25, -0.2) is 0 Å². The predicted octanol–water partition coefficient (Wildman–Crippen LogP) is 2.56. The van der Waals surface area contributed by atoms with Crippen LogP contribution in [0.2, 0.25) is 0 Å². The maximum atomic E-state index is 12.4. The molecule has 2 rings (SSSR count). The topological polar surface area (TPSA) is 66.8 Å². The standard InChI is InChI=1S/C18H25NO4/c1-11-5-13(3)17(14(4)6-11)23-10-16(20)19-8-12(2)7-15(9-19)18(21)22/h5-6,12,15H,7-10H2,1-4H3,(H,21,22). The Labute approximate surface area is 137 Å². The van der Waals surface area contributed by atoms with E-state index in [4.69, 9.17) is 4.74 Å². The van der Waals surface area contributed by atoms with E-state index in [-0.39, 0.29) is 25.0 Å². The third kappa shape index (κ3) is 4.24. The molecule has 0 aromatic heterocycles. The number of rotatable bonds is 4. The molecular formula is C18H25NO4. The maximum Gasteiger partial charge on any atom is 0.308 e. The first-order chi connectivity index (χ1) is 10.8. The summed E-state index contributed by atoms with van der Waals surface area (Å²) < 4.78 is 5.73. The molecule has 2 unspecified atom stereocenters. The number of piperidine rings is 1. The SMILES string of the molecule is Cc1cc(C)c(OCC(=O)N2CC(C)CC(C(=O)O)C2)c(C)c1. The number of hydrogen-bond donors (Lipinski definition) is 1. The van der Waals surface area contributed by atoms with Crippen LogP contribution in [0.3, 0.4) is 0 Å². The number of carboxylic acids is 1. The van der Waals surface area contributed by atoms with Gasteiger partial charge in [0.15, 0.2) is 6.61 Å². The number of aryl methyl sites for hydroxylation is 3. The van der Waals surface area contributed by atoms with Crippen molar-refractivity contribution in [3.8, 4) is 5.75 Å². The van der Waals surface area contributed by atoms with Crippen LogP contribution in [0, 0.1) is 32.6 Å². The molecule has 0 radical (unpaired) electrons. The zero-order chi connectivity index (χ0) is 17.1. The molecule has 1 aromatic rings. The van der Waals surface area contributed by atoms with E-state index in [2.05, 4.69) is 0 Å². The Morgan fingerprint density at radius 2 is 1.83 bits per heavy atom. The Morgan fingerprint density at radius 3 is 2.39 bits per heavy atom. The zero-order valence-electron chi connectivity index (χ0n) is 14.3. The number of benzene rings is 1. The lowest BCUT2D eigenvalue weighted by Gasteiger charge is -2.34. The van der Waals surface area contributed by atoms with Crippen molar-refractivity contribution in [1.29, 1.82) is 0 Å². The molecule has 2 atom stereocenters. The molecule has 1 saturated heterocycles. The first-order valence-electron chi connectivity index (χ1n) is 7.99. The molecule has 23 heavy (non-hydrogen) atoms. The minimum absolute atomic E-state index is 0.0518. The van der Waals surface area contributed by atoms with Crippen LogP contribution in [0.1, 0.15) is 30.0 Å². The van der Waals surface area contributed by atoms with Crippen LogP contribution in [0.15, 0.2) is 12.1 Å². The molecule has 1 fully saturated rings. The highest BCUT2D eigenvalue weighted by Crippen LogP contribution is 2.25. The zero-order valence-corrected chi connectivity index (χ0v) is 14.3. The van der Waals surface area contributed by atoms with E-state index >= 15 is 0 Å². The molecule has 0 spiro atoms. The molecule has 1 aromatic carbocycles. The van der Waals surface area contributed by atoms with Gasteiger partial charge in [0.05, 0.1) is 5.92 Å². The summed E-state index contributed by atoms with van der Waals surface area (Å²) in [5, 5.41) is 9.19. The van der Waals surface area contributed by atoms with Gasteiger partial charge in [0, 0.05) is 13.1 Å². The van der Waals surface area contributed by atoms with Gasteiger partial charge in [-0.2, -0.15) is 0 Å². The van der Waals surface area contributed by atoms with Gasteiger partial charge in [-0.1, -0.05) is 24.6 Å². The Bertz CT molecular complexity index is 588. The molecule has 1 heterocycles. The highest BCUT2D eigenvalue weighted by molar-refractivity contribution is 5.79. The largest absolute Gasteiger partial charge is 0.483 e. The fourth-order valence-electron chi connectivity index (χ4n) is 3.35. The Morgan fingerprint density at radius 1 is 1.22 bits per heavy atom. The average molecular weight is 319 g/mol. The van der Waals surface area contributed by atoms with E-state index in [9.17, 15) is 14.7 Å². The molecule has 1 N–H and O–H groups in total. The van der Waals surface area contributed by atoms with Gasteiger partial charge in [0.1, 0.15) is 5.75 Å². The molecule has 0 saturated carbocycles. The van der Waals surface area contributed by atoms with E-state index < -0.39 is 11.9 Å². The predicted molar refractivity (Wildman–Crippen MR) is 87.6 cm³/mol. The number of carbonyl (C=O) groups is 2. The van der Waals surface area contributed by atoms with Crippen molar-refractivity contribution in [1.82, 2.24) is 4.90 Å². The summed E-state index contributed by atoms with van der Waals surface area (Å²) in [5.41, 5.74) is 3.17. The number of carbonyl (C=O) groups excluding carboxylic acids is 1. The van der Waals surface area contributed by atoms with Gasteiger partial charge in [-0.3, -0.25) is 9.59 Å². The van der Waals surface area contributed by atoms with Gasteiger partial charge in [-0.15, -0.1) is 0 Å². The smallest absolute Gasteiger partial charge is 0.308 e. The molecular weight excluding hydrogens is 294 g/mol. The second-order valence-corrected chi connectivity index (χ2v) is 6.69. The minimum Gasteiger partial charge on any atom is -0.483 e. The first-order valence-corrected chi connectivity index (χ1v) is 7.99. The van der Waals surface area contributed by atoms with Crippen molar-refractivity contribution in [2.24, 2.45) is 11.8 Å². The van der Waals surface area contributed by atoms with Gasteiger partial charge < -0.3 is 14.7 Å².